The molecule has 2 N–H and O–H groups in total. The van der Waals surface area contributed by atoms with Gasteiger partial charge in [-0.2, -0.15) is 0 Å². The molecule has 0 fully saturated rings. The second-order valence-corrected chi connectivity index (χ2v) is 8.16. The first-order valence-electron chi connectivity index (χ1n) is 8.46. The molecule has 0 spiro atoms. The molecule has 0 aliphatic rings. The standard InChI is InChI=1S/C19H29BrN2O2/c1-6-13(2)14-7-9-15(10-8-14)22-16(23)11-12-21-18(24)17(20)19(3,4)5/h7-10,13,17H,6,11-12H2,1-5H3,(H,21,24)(H,22,23)/t13-,17+/m1/s1. The highest BCUT2D eigenvalue weighted by atomic mass is 79.9. The van der Waals surface area contributed by atoms with Crippen molar-refractivity contribution in [3.63, 3.8) is 0 Å². The molecule has 134 valence electrons. The Labute approximate surface area is 153 Å². The number of anilines is 1. The van der Waals surface area contributed by atoms with E-state index >= 15 is 0 Å². The molecule has 0 aromatic heterocycles. The van der Waals surface area contributed by atoms with E-state index < -0.39 is 0 Å². The van der Waals surface area contributed by atoms with E-state index in [9.17, 15) is 9.59 Å². The van der Waals surface area contributed by atoms with Gasteiger partial charge in [-0.25, -0.2) is 0 Å². The van der Waals surface area contributed by atoms with Gasteiger partial charge in [-0.05, 0) is 35.4 Å². The van der Waals surface area contributed by atoms with Gasteiger partial charge in [-0.15, -0.1) is 0 Å². The van der Waals surface area contributed by atoms with Gasteiger partial charge < -0.3 is 10.6 Å². The molecule has 0 saturated carbocycles. The van der Waals surface area contributed by atoms with Crippen LogP contribution in [-0.4, -0.2) is 23.2 Å². The number of nitrogens with one attached hydrogen (secondary N) is 2. The topological polar surface area (TPSA) is 58.2 Å². The number of amides is 2. The van der Waals surface area contributed by atoms with Gasteiger partial charge in [0.25, 0.3) is 0 Å². The zero-order valence-electron chi connectivity index (χ0n) is 15.3. The fourth-order valence-corrected chi connectivity index (χ4v) is 2.30. The number of carbonyl (C=O) groups excluding carboxylic acids is 2. The molecule has 0 aliphatic carbocycles. The van der Waals surface area contributed by atoms with E-state index in [4.69, 9.17) is 0 Å². The molecule has 0 bridgehead atoms. The van der Waals surface area contributed by atoms with Gasteiger partial charge >= 0.3 is 0 Å². The highest BCUT2D eigenvalue weighted by molar-refractivity contribution is 9.10. The van der Waals surface area contributed by atoms with Gasteiger partial charge in [0.1, 0.15) is 0 Å². The molecule has 24 heavy (non-hydrogen) atoms. The van der Waals surface area contributed by atoms with Crippen molar-refractivity contribution in [1.29, 1.82) is 0 Å². The van der Waals surface area contributed by atoms with Crippen molar-refractivity contribution in [2.75, 3.05) is 11.9 Å². The second-order valence-electron chi connectivity index (χ2n) is 7.25. The van der Waals surface area contributed by atoms with Crippen LogP contribution in [0.1, 0.15) is 58.9 Å². The minimum Gasteiger partial charge on any atom is -0.355 e. The van der Waals surface area contributed by atoms with Crippen LogP contribution in [0.4, 0.5) is 5.69 Å². The van der Waals surface area contributed by atoms with Gasteiger partial charge in [0, 0.05) is 18.7 Å². The highest BCUT2D eigenvalue weighted by Gasteiger charge is 2.28. The van der Waals surface area contributed by atoms with Crippen LogP contribution in [0.5, 0.6) is 0 Å². The summed E-state index contributed by atoms with van der Waals surface area (Å²) in [5.41, 5.74) is 1.89. The van der Waals surface area contributed by atoms with Gasteiger partial charge in [0.05, 0.1) is 4.83 Å². The van der Waals surface area contributed by atoms with Crippen molar-refractivity contribution < 1.29 is 9.59 Å². The first-order chi connectivity index (χ1) is 11.1. The zero-order chi connectivity index (χ0) is 18.3. The summed E-state index contributed by atoms with van der Waals surface area (Å²) in [6.07, 6.45) is 1.34. The molecule has 1 aromatic rings. The maximum atomic E-state index is 12.0. The van der Waals surface area contributed by atoms with Crippen molar-refractivity contribution in [3.8, 4) is 0 Å². The summed E-state index contributed by atoms with van der Waals surface area (Å²) >= 11 is 3.40. The van der Waals surface area contributed by atoms with E-state index in [1.807, 2.05) is 45.0 Å². The van der Waals surface area contributed by atoms with Crippen LogP contribution in [0.15, 0.2) is 24.3 Å². The van der Waals surface area contributed by atoms with Crippen LogP contribution >= 0.6 is 15.9 Å². The van der Waals surface area contributed by atoms with Crippen molar-refractivity contribution >= 4 is 33.4 Å². The van der Waals surface area contributed by atoms with E-state index in [1.165, 1.54) is 5.56 Å². The number of benzene rings is 1. The van der Waals surface area contributed by atoms with E-state index in [1.54, 1.807) is 0 Å². The molecular formula is C19H29BrN2O2. The Kier molecular flexibility index (Phi) is 7.94. The summed E-state index contributed by atoms with van der Waals surface area (Å²) in [4.78, 5) is 23.7. The second kappa shape index (κ2) is 9.21. The summed E-state index contributed by atoms with van der Waals surface area (Å²) in [6.45, 7) is 10.6. The summed E-state index contributed by atoms with van der Waals surface area (Å²) in [5.74, 6) is 0.326. The molecule has 0 unspecified atom stereocenters. The molecule has 1 aromatic carbocycles. The lowest BCUT2D eigenvalue weighted by atomic mass is 9.92. The lowest BCUT2D eigenvalue weighted by molar-refractivity contribution is -0.122. The van der Waals surface area contributed by atoms with Crippen LogP contribution in [0.2, 0.25) is 0 Å². The summed E-state index contributed by atoms with van der Waals surface area (Å²) < 4.78 is 0. The predicted molar refractivity (Wildman–Crippen MR) is 104 cm³/mol. The van der Waals surface area contributed by atoms with Crippen molar-refractivity contribution in [2.24, 2.45) is 5.41 Å². The Morgan fingerprint density at radius 2 is 1.75 bits per heavy atom. The quantitative estimate of drug-likeness (QED) is 0.668. The van der Waals surface area contributed by atoms with Crippen LogP contribution in [0, 0.1) is 5.41 Å². The molecule has 0 radical (unpaired) electrons. The third-order valence-electron chi connectivity index (χ3n) is 4.02. The number of hydrogen-bond donors (Lipinski definition) is 2. The Morgan fingerprint density at radius 1 is 1.17 bits per heavy atom. The Balaban J connectivity index is 2.40. The van der Waals surface area contributed by atoms with E-state index in [2.05, 4.69) is 40.4 Å². The fraction of sp³-hybridized carbons (Fsp3) is 0.579. The van der Waals surface area contributed by atoms with Crippen LogP contribution < -0.4 is 10.6 Å². The van der Waals surface area contributed by atoms with E-state index in [0.717, 1.165) is 12.1 Å². The third kappa shape index (κ3) is 6.63. The first kappa shape index (κ1) is 20.7. The van der Waals surface area contributed by atoms with Gasteiger partial charge in [-0.1, -0.05) is 62.7 Å². The molecular weight excluding hydrogens is 368 g/mol. The molecule has 1 rings (SSSR count). The molecule has 5 heteroatoms. The molecule has 2 amide bonds. The van der Waals surface area contributed by atoms with Crippen LogP contribution in [0.3, 0.4) is 0 Å². The molecule has 0 aliphatic heterocycles. The van der Waals surface area contributed by atoms with Crippen LogP contribution in [0.25, 0.3) is 0 Å². The van der Waals surface area contributed by atoms with Gasteiger partial charge in [-0.3, -0.25) is 9.59 Å². The van der Waals surface area contributed by atoms with E-state index in [-0.39, 0.29) is 28.5 Å². The van der Waals surface area contributed by atoms with E-state index in [0.29, 0.717) is 12.5 Å². The summed E-state index contributed by atoms with van der Waals surface area (Å²) in [7, 11) is 0. The van der Waals surface area contributed by atoms with Crippen molar-refractivity contribution in [2.45, 2.75) is 58.2 Å². The van der Waals surface area contributed by atoms with Gasteiger partial charge in [0.2, 0.25) is 11.8 Å². The lowest BCUT2D eigenvalue weighted by Crippen LogP contribution is -2.39. The SMILES string of the molecule is CC[C@@H](C)c1ccc(NC(=O)CCNC(=O)[C@H](Br)C(C)(C)C)cc1. The summed E-state index contributed by atoms with van der Waals surface area (Å²) in [6, 6.07) is 7.94. The van der Waals surface area contributed by atoms with Crippen LogP contribution in [-0.2, 0) is 9.59 Å². The normalized spacial score (nSPS) is 13.9. The largest absolute Gasteiger partial charge is 0.355 e. The minimum absolute atomic E-state index is 0.0896. The monoisotopic (exact) mass is 396 g/mol. The Hall–Kier alpha value is -1.36. The molecule has 4 nitrogen and oxygen atoms in total. The Bertz CT molecular complexity index is 549. The number of alkyl halides is 1. The first-order valence-corrected chi connectivity index (χ1v) is 9.38. The summed E-state index contributed by atoms with van der Waals surface area (Å²) in [5, 5.41) is 5.65. The molecule has 0 saturated heterocycles. The average Bonchev–Trinajstić information content (AvgIpc) is 2.53. The number of halogens is 1. The number of rotatable bonds is 7. The minimum atomic E-state index is -0.277. The fourth-order valence-electron chi connectivity index (χ4n) is 2.14. The average molecular weight is 397 g/mol. The number of hydrogen-bond acceptors (Lipinski definition) is 2. The predicted octanol–water partition coefficient (Wildman–Crippen LogP) is 4.45. The molecule has 0 heterocycles. The Morgan fingerprint density at radius 3 is 2.25 bits per heavy atom. The van der Waals surface area contributed by atoms with Crippen molar-refractivity contribution in [1.82, 2.24) is 5.32 Å². The third-order valence-corrected chi connectivity index (χ3v) is 5.81. The number of carbonyl (C=O) groups is 2. The maximum absolute atomic E-state index is 12.0. The van der Waals surface area contributed by atoms with Gasteiger partial charge in [0.15, 0.2) is 0 Å². The smallest absolute Gasteiger partial charge is 0.234 e. The maximum Gasteiger partial charge on any atom is 0.234 e. The van der Waals surface area contributed by atoms with Crippen molar-refractivity contribution in [3.05, 3.63) is 29.8 Å². The molecule has 2 atom stereocenters. The highest BCUT2D eigenvalue weighted by Crippen LogP contribution is 2.26. The lowest BCUT2D eigenvalue weighted by Gasteiger charge is -2.24. The zero-order valence-corrected chi connectivity index (χ0v) is 16.9.